The van der Waals surface area contributed by atoms with E-state index in [1.165, 1.54) is 13.0 Å². The summed E-state index contributed by atoms with van der Waals surface area (Å²) in [6, 6.07) is 12.9. The number of nitrogens with one attached hydrogen (secondary N) is 1. The smallest absolute Gasteiger partial charge is 0.338 e. The lowest BCUT2D eigenvalue weighted by molar-refractivity contribution is 0.0233. The van der Waals surface area contributed by atoms with E-state index in [9.17, 15) is 22.0 Å². The SMILES string of the molecule is C[C@H](OC(=O)c1ccc(CCNS(C)(=O)=O)cc1)c1nc2ccccc2n1C(F)F. The fourth-order valence-electron chi connectivity index (χ4n) is 3.02. The standard InChI is InChI=1S/C20H21F2N3O4S/c1-13(18-24-16-5-3-4-6-17(16)25(18)20(21)22)29-19(26)15-9-7-14(8-10-15)11-12-23-30(2,27)28/h3-10,13,20,23H,11-12H2,1-2H3/t13-/m0/s1. The Morgan fingerprint density at radius 3 is 2.47 bits per heavy atom. The number of nitrogens with zero attached hydrogens (tertiary/aromatic N) is 2. The van der Waals surface area contributed by atoms with Crippen molar-refractivity contribution in [3.63, 3.8) is 0 Å². The highest BCUT2D eigenvalue weighted by Gasteiger charge is 2.24. The van der Waals surface area contributed by atoms with Gasteiger partial charge in [0.25, 0.3) is 0 Å². The van der Waals surface area contributed by atoms with Crippen LogP contribution in [0.1, 0.15) is 41.3 Å². The lowest BCUT2D eigenvalue weighted by Gasteiger charge is -2.15. The number of halogens is 2. The summed E-state index contributed by atoms with van der Waals surface area (Å²) in [5.41, 5.74) is 1.73. The molecule has 0 aliphatic carbocycles. The predicted octanol–water partition coefficient (Wildman–Crippen LogP) is 3.44. The largest absolute Gasteiger partial charge is 0.451 e. The van der Waals surface area contributed by atoms with Gasteiger partial charge in [-0.25, -0.2) is 22.9 Å². The van der Waals surface area contributed by atoms with Gasteiger partial charge in [-0.3, -0.25) is 4.57 Å². The lowest BCUT2D eigenvalue weighted by atomic mass is 10.1. The number of sulfonamides is 1. The number of ether oxygens (including phenoxy) is 1. The van der Waals surface area contributed by atoms with Gasteiger partial charge in [0.2, 0.25) is 10.0 Å². The van der Waals surface area contributed by atoms with Gasteiger partial charge in [-0.05, 0) is 43.2 Å². The van der Waals surface area contributed by atoms with Crippen molar-refractivity contribution in [1.29, 1.82) is 0 Å². The average Bonchev–Trinajstić information content (AvgIpc) is 3.07. The number of aromatic nitrogens is 2. The zero-order chi connectivity index (χ0) is 21.9. The van der Waals surface area contributed by atoms with Gasteiger partial charge >= 0.3 is 12.5 Å². The van der Waals surface area contributed by atoms with Gasteiger partial charge in [0.1, 0.15) is 0 Å². The molecule has 0 amide bonds. The fourth-order valence-corrected chi connectivity index (χ4v) is 3.50. The summed E-state index contributed by atoms with van der Waals surface area (Å²) in [5, 5.41) is 0. The van der Waals surface area contributed by atoms with Crippen LogP contribution in [0.5, 0.6) is 0 Å². The summed E-state index contributed by atoms with van der Waals surface area (Å²) in [7, 11) is -3.26. The number of rotatable bonds is 8. The summed E-state index contributed by atoms with van der Waals surface area (Å²) in [5.74, 6) is -0.709. The number of hydrogen-bond acceptors (Lipinski definition) is 5. The van der Waals surface area contributed by atoms with Crippen LogP contribution in [-0.4, -0.2) is 36.7 Å². The Morgan fingerprint density at radius 1 is 1.17 bits per heavy atom. The Kier molecular flexibility index (Phi) is 6.47. The summed E-state index contributed by atoms with van der Waals surface area (Å²) in [6.07, 6.45) is 0.546. The van der Waals surface area contributed by atoms with E-state index in [1.807, 2.05) is 0 Å². The highest BCUT2D eigenvalue weighted by molar-refractivity contribution is 7.88. The second-order valence-electron chi connectivity index (χ2n) is 6.77. The highest BCUT2D eigenvalue weighted by Crippen LogP contribution is 2.28. The van der Waals surface area contributed by atoms with E-state index in [0.717, 1.165) is 16.4 Å². The number of carbonyl (C=O) groups is 1. The van der Waals surface area contributed by atoms with Gasteiger partial charge in [-0.1, -0.05) is 24.3 Å². The zero-order valence-corrected chi connectivity index (χ0v) is 17.2. The molecule has 3 rings (SSSR count). The molecular weight excluding hydrogens is 416 g/mol. The molecular formula is C20H21F2N3O4S. The van der Waals surface area contributed by atoms with Crippen LogP contribution in [0.2, 0.25) is 0 Å². The Bertz CT molecular complexity index is 1140. The summed E-state index contributed by atoms with van der Waals surface area (Å²) >= 11 is 0. The number of fused-ring (bicyclic) bond motifs is 1. The van der Waals surface area contributed by atoms with Crippen molar-refractivity contribution in [2.75, 3.05) is 12.8 Å². The molecule has 1 N–H and O–H groups in total. The van der Waals surface area contributed by atoms with Gasteiger partial charge in [0.15, 0.2) is 11.9 Å². The Balaban J connectivity index is 1.70. The first-order valence-electron chi connectivity index (χ1n) is 9.15. The first-order valence-corrected chi connectivity index (χ1v) is 11.0. The molecule has 0 aliphatic heterocycles. The summed E-state index contributed by atoms with van der Waals surface area (Å²) in [4.78, 5) is 16.6. The molecule has 0 spiro atoms. The molecule has 0 bridgehead atoms. The van der Waals surface area contributed by atoms with Gasteiger partial charge in [-0.2, -0.15) is 8.78 Å². The van der Waals surface area contributed by atoms with E-state index in [1.54, 1.807) is 42.5 Å². The van der Waals surface area contributed by atoms with Crippen LogP contribution in [0, 0.1) is 0 Å². The Morgan fingerprint density at radius 2 is 1.83 bits per heavy atom. The van der Waals surface area contributed by atoms with Crippen molar-refractivity contribution < 1.29 is 26.7 Å². The van der Waals surface area contributed by atoms with Crippen molar-refractivity contribution in [1.82, 2.24) is 14.3 Å². The van der Waals surface area contributed by atoms with Crippen LogP contribution in [0.15, 0.2) is 48.5 Å². The zero-order valence-electron chi connectivity index (χ0n) is 16.4. The maximum Gasteiger partial charge on any atom is 0.338 e. The number of para-hydroxylation sites is 2. The van der Waals surface area contributed by atoms with Crippen molar-refractivity contribution >= 4 is 27.0 Å². The van der Waals surface area contributed by atoms with E-state index in [0.29, 0.717) is 11.9 Å². The maximum atomic E-state index is 13.6. The third kappa shape index (κ3) is 5.19. The first-order chi connectivity index (χ1) is 14.2. The minimum absolute atomic E-state index is 0.0389. The second kappa shape index (κ2) is 8.88. The lowest BCUT2D eigenvalue weighted by Crippen LogP contribution is -2.24. The Labute approximate surface area is 172 Å². The normalized spacial score (nSPS) is 13.0. The van der Waals surface area contributed by atoms with E-state index >= 15 is 0 Å². The molecule has 3 aromatic rings. The number of imidazole rings is 1. The van der Waals surface area contributed by atoms with Gasteiger partial charge in [-0.15, -0.1) is 0 Å². The minimum atomic E-state index is -3.26. The maximum absolute atomic E-state index is 13.6. The molecule has 0 saturated heterocycles. The second-order valence-corrected chi connectivity index (χ2v) is 8.60. The molecule has 0 radical (unpaired) electrons. The monoisotopic (exact) mass is 437 g/mol. The van der Waals surface area contributed by atoms with Crippen molar-refractivity contribution in [3.8, 4) is 0 Å². The molecule has 7 nitrogen and oxygen atoms in total. The van der Waals surface area contributed by atoms with Gasteiger partial charge in [0, 0.05) is 6.54 Å². The highest BCUT2D eigenvalue weighted by atomic mass is 32.2. The summed E-state index contributed by atoms with van der Waals surface area (Å²) < 4.78 is 57.8. The molecule has 0 fully saturated rings. The molecule has 0 unspecified atom stereocenters. The molecule has 1 aromatic heterocycles. The number of carbonyl (C=O) groups excluding carboxylic acids is 1. The number of alkyl halides is 2. The number of hydrogen-bond donors (Lipinski definition) is 1. The van der Waals surface area contributed by atoms with Crippen LogP contribution in [0.4, 0.5) is 8.78 Å². The minimum Gasteiger partial charge on any atom is -0.451 e. The molecule has 0 aliphatic rings. The van der Waals surface area contributed by atoms with Gasteiger partial charge < -0.3 is 4.74 Å². The van der Waals surface area contributed by atoms with Crippen molar-refractivity contribution in [3.05, 3.63) is 65.5 Å². The first kappa shape index (κ1) is 21.8. The molecule has 10 heteroatoms. The average molecular weight is 437 g/mol. The van der Waals surface area contributed by atoms with E-state index < -0.39 is 28.6 Å². The fraction of sp³-hybridized carbons (Fsp3) is 0.300. The molecule has 160 valence electrons. The van der Waals surface area contributed by atoms with Crippen LogP contribution in [-0.2, 0) is 21.2 Å². The third-order valence-corrected chi connectivity index (χ3v) is 5.16. The molecule has 2 aromatic carbocycles. The number of benzene rings is 2. The van der Waals surface area contributed by atoms with Crippen LogP contribution in [0.3, 0.4) is 0 Å². The predicted molar refractivity (Wildman–Crippen MR) is 108 cm³/mol. The van der Waals surface area contributed by atoms with Gasteiger partial charge in [0.05, 0.1) is 22.9 Å². The summed E-state index contributed by atoms with van der Waals surface area (Å²) in [6.45, 7) is -1.10. The number of esters is 1. The Hall–Kier alpha value is -2.85. The quantitative estimate of drug-likeness (QED) is 0.545. The van der Waals surface area contributed by atoms with E-state index in [4.69, 9.17) is 4.74 Å². The van der Waals surface area contributed by atoms with Crippen LogP contribution in [0.25, 0.3) is 11.0 Å². The third-order valence-electron chi connectivity index (χ3n) is 4.43. The van der Waals surface area contributed by atoms with Crippen LogP contribution >= 0.6 is 0 Å². The molecule has 1 heterocycles. The van der Waals surface area contributed by atoms with E-state index in [2.05, 4.69) is 9.71 Å². The molecule has 0 saturated carbocycles. The van der Waals surface area contributed by atoms with Crippen LogP contribution < -0.4 is 4.72 Å². The van der Waals surface area contributed by atoms with Crippen molar-refractivity contribution in [2.24, 2.45) is 0 Å². The molecule has 1 atom stereocenters. The topological polar surface area (TPSA) is 90.3 Å². The molecule has 30 heavy (non-hydrogen) atoms. The van der Waals surface area contributed by atoms with Crippen molar-refractivity contribution in [2.45, 2.75) is 26.0 Å². The van der Waals surface area contributed by atoms with E-state index in [-0.39, 0.29) is 23.4 Å².